The molecule has 0 aromatic rings. The average Bonchev–Trinajstić information content (AvgIpc) is 2.66. The third-order valence-electron chi connectivity index (χ3n) is 5.02. The van der Waals surface area contributed by atoms with Crippen LogP contribution in [0.4, 0.5) is 0 Å². The van der Waals surface area contributed by atoms with E-state index in [9.17, 15) is 9.59 Å². The van der Waals surface area contributed by atoms with E-state index in [-0.39, 0.29) is 24.3 Å². The summed E-state index contributed by atoms with van der Waals surface area (Å²) < 4.78 is 0. The molecule has 0 rings (SSSR count). The average molecular weight is 384 g/mol. The molecule has 0 saturated carbocycles. The second kappa shape index (κ2) is 19.7. The first-order valence-electron chi connectivity index (χ1n) is 11.4. The highest BCUT2D eigenvalue weighted by Gasteiger charge is 2.16. The SMILES string of the molecule is CCCC(CCC)C(=O)NCC(=O)NCCCCCCCCCCCCN. The third-order valence-corrected chi connectivity index (χ3v) is 5.02. The summed E-state index contributed by atoms with van der Waals surface area (Å²) in [5.41, 5.74) is 5.49. The van der Waals surface area contributed by atoms with Gasteiger partial charge in [-0.2, -0.15) is 0 Å². The third kappa shape index (κ3) is 16.8. The van der Waals surface area contributed by atoms with Crippen LogP contribution in [-0.4, -0.2) is 31.4 Å². The summed E-state index contributed by atoms with van der Waals surface area (Å²) in [6.07, 6.45) is 16.2. The van der Waals surface area contributed by atoms with Gasteiger partial charge in [-0.3, -0.25) is 9.59 Å². The van der Waals surface area contributed by atoms with Crippen LogP contribution in [0.2, 0.25) is 0 Å². The molecule has 160 valence electrons. The Hall–Kier alpha value is -1.10. The van der Waals surface area contributed by atoms with Crippen molar-refractivity contribution in [2.45, 2.75) is 104 Å². The first-order valence-corrected chi connectivity index (χ1v) is 11.4. The van der Waals surface area contributed by atoms with Crippen LogP contribution in [-0.2, 0) is 9.59 Å². The van der Waals surface area contributed by atoms with Crippen LogP contribution in [0.25, 0.3) is 0 Å². The Morgan fingerprint density at radius 1 is 0.741 bits per heavy atom. The maximum absolute atomic E-state index is 12.1. The molecular weight excluding hydrogens is 338 g/mol. The molecule has 0 unspecified atom stereocenters. The van der Waals surface area contributed by atoms with Gasteiger partial charge in [-0.05, 0) is 32.2 Å². The van der Waals surface area contributed by atoms with Crippen LogP contribution in [0.15, 0.2) is 0 Å². The molecule has 4 N–H and O–H groups in total. The van der Waals surface area contributed by atoms with E-state index in [1.807, 2.05) is 0 Å². The van der Waals surface area contributed by atoms with Crippen molar-refractivity contribution in [2.24, 2.45) is 11.7 Å². The summed E-state index contributed by atoms with van der Waals surface area (Å²) in [5, 5.41) is 5.70. The number of carbonyl (C=O) groups is 2. The molecule has 5 heteroatoms. The lowest BCUT2D eigenvalue weighted by molar-refractivity contribution is -0.128. The van der Waals surface area contributed by atoms with Crippen molar-refractivity contribution in [3.8, 4) is 0 Å². The molecule has 2 amide bonds. The zero-order chi connectivity index (χ0) is 20.2. The summed E-state index contributed by atoms with van der Waals surface area (Å²) in [4.78, 5) is 23.9. The maximum atomic E-state index is 12.1. The Labute approximate surface area is 167 Å². The van der Waals surface area contributed by atoms with Crippen molar-refractivity contribution in [3.63, 3.8) is 0 Å². The normalized spacial score (nSPS) is 11.0. The topological polar surface area (TPSA) is 84.2 Å². The molecule has 0 aliphatic carbocycles. The molecular formula is C22H45N3O2. The van der Waals surface area contributed by atoms with Gasteiger partial charge in [0.05, 0.1) is 6.54 Å². The van der Waals surface area contributed by atoms with Gasteiger partial charge in [0.1, 0.15) is 0 Å². The standard InChI is InChI=1S/C22H45N3O2/c1-3-15-20(16-4-2)22(27)25-19-21(26)24-18-14-12-10-8-6-5-7-9-11-13-17-23/h20H,3-19,23H2,1-2H3,(H,24,26)(H,25,27). The quantitative estimate of drug-likeness (QED) is 0.291. The molecule has 0 aromatic heterocycles. The summed E-state index contributed by atoms with van der Waals surface area (Å²) in [6, 6.07) is 0. The lowest BCUT2D eigenvalue weighted by Crippen LogP contribution is -2.39. The van der Waals surface area contributed by atoms with E-state index in [0.717, 1.165) is 51.5 Å². The number of rotatable bonds is 19. The summed E-state index contributed by atoms with van der Waals surface area (Å²) in [5.74, 6) is -0.00193. The summed E-state index contributed by atoms with van der Waals surface area (Å²) in [7, 11) is 0. The van der Waals surface area contributed by atoms with Gasteiger partial charge in [0.2, 0.25) is 11.8 Å². The Kier molecular flexibility index (Phi) is 18.9. The summed E-state index contributed by atoms with van der Waals surface area (Å²) >= 11 is 0. The van der Waals surface area contributed by atoms with Gasteiger partial charge in [-0.25, -0.2) is 0 Å². The fourth-order valence-corrected chi connectivity index (χ4v) is 3.39. The highest BCUT2D eigenvalue weighted by atomic mass is 16.2. The van der Waals surface area contributed by atoms with E-state index < -0.39 is 0 Å². The lowest BCUT2D eigenvalue weighted by Gasteiger charge is -2.15. The number of amides is 2. The molecule has 0 bridgehead atoms. The number of hydrogen-bond donors (Lipinski definition) is 3. The van der Waals surface area contributed by atoms with Gasteiger partial charge in [0, 0.05) is 12.5 Å². The zero-order valence-electron chi connectivity index (χ0n) is 18.0. The van der Waals surface area contributed by atoms with Gasteiger partial charge >= 0.3 is 0 Å². The zero-order valence-corrected chi connectivity index (χ0v) is 18.0. The predicted octanol–water partition coefficient (Wildman–Crippen LogP) is 4.29. The van der Waals surface area contributed by atoms with Crippen molar-refractivity contribution in [2.75, 3.05) is 19.6 Å². The Morgan fingerprint density at radius 2 is 1.22 bits per heavy atom. The van der Waals surface area contributed by atoms with Gasteiger partial charge in [-0.1, -0.05) is 78.1 Å². The Bertz CT molecular complexity index is 355. The van der Waals surface area contributed by atoms with E-state index in [1.54, 1.807) is 0 Å². The van der Waals surface area contributed by atoms with E-state index >= 15 is 0 Å². The van der Waals surface area contributed by atoms with E-state index in [2.05, 4.69) is 24.5 Å². The fraction of sp³-hybridized carbons (Fsp3) is 0.909. The minimum atomic E-state index is -0.0763. The second-order valence-corrected chi connectivity index (χ2v) is 7.67. The van der Waals surface area contributed by atoms with Crippen molar-refractivity contribution >= 4 is 11.8 Å². The highest BCUT2D eigenvalue weighted by molar-refractivity contribution is 5.85. The second-order valence-electron chi connectivity index (χ2n) is 7.67. The highest BCUT2D eigenvalue weighted by Crippen LogP contribution is 2.13. The largest absolute Gasteiger partial charge is 0.355 e. The predicted molar refractivity (Wildman–Crippen MR) is 115 cm³/mol. The summed E-state index contributed by atoms with van der Waals surface area (Å²) in [6.45, 7) is 5.81. The molecule has 0 aliphatic rings. The Morgan fingerprint density at radius 3 is 1.70 bits per heavy atom. The van der Waals surface area contributed by atoms with Crippen LogP contribution in [0.3, 0.4) is 0 Å². The van der Waals surface area contributed by atoms with E-state index in [1.165, 1.54) is 44.9 Å². The molecule has 27 heavy (non-hydrogen) atoms. The van der Waals surface area contributed by atoms with Gasteiger partial charge < -0.3 is 16.4 Å². The van der Waals surface area contributed by atoms with Crippen LogP contribution >= 0.6 is 0 Å². The van der Waals surface area contributed by atoms with Gasteiger partial charge in [0.25, 0.3) is 0 Å². The van der Waals surface area contributed by atoms with Crippen molar-refractivity contribution in [3.05, 3.63) is 0 Å². The van der Waals surface area contributed by atoms with Gasteiger partial charge in [-0.15, -0.1) is 0 Å². The Balaban J connectivity index is 3.49. The first kappa shape index (κ1) is 25.9. The molecule has 5 nitrogen and oxygen atoms in total. The molecule has 0 spiro atoms. The molecule has 0 fully saturated rings. The van der Waals surface area contributed by atoms with Crippen molar-refractivity contribution < 1.29 is 9.59 Å². The van der Waals surface area contributed by atoms with E-state index in [4.69, 9.17) is 5.73 Å². The molecule has 0 atom stereocenters. The van der Waals surface area contributed by atoms with Crippen LogP contribution < -0.4 is 16.4 Å². The molecule has 0 aromatic carbocycles. The van der Waals surface area contributed by atoms with Crippen LogP contribution in [0, 0.1) is 5.92 Å². The molecule has 0 saturated heterocycles. The minimum Gasteiger partial charge on any atom is -0.355 e. The van der Waals surface area contributed by atoms with Crippen molar-refractivity contribution in [1.82, 2.24) is 10.6 Å². The minimum absolute atomic E-state index is 0.0249. The van der Waals surface area contributed by atoms with Crippen molar-refractivity contribution in [1.29, 1.82) is 0 Å². The monoisotopic (exact) mass is 383 g/mol. The molecule has 0 aliphatic heterocycles. The number of hydrogen-bond acceptors (Lipinski definition) is 3. The molecule has 0 heterocycles. The van der Waals surface area contributed by atoms with E-state index in [0.29, 0.717) is 6.54 Å². The number of unbranched alkanes of at least 4 members (excludes halogenated alkanes) is 9. The lowest BCUT2D eigenvalue weighted by atomic mass is 9.97. The number of carbonyl (C=O) groups excluding carboxylic acids is 2. The van der Waals surface area contributed by atoms with Crippen LogP contribution in [0.1, 0.15) is 104 Å². The fourth-order valence-electron chi connectivity index (χ4n) is 3.39. The number of nitrogens with one attached hydrogen (secondary N) is 2. The van der Waals surface area contributed by atoms with Gasteiger partial charge in [0.15, 0.2) is 0 Å². The first-order chi connectivity index (χ1) is 13.2. The van der Waals surface area contributed by atoms with Crippen LogP contribution in [0.5, 0.6) is 0 Å². The maximum Gasteiger partial charge on any atom is 0.239 e. The smallest absolute Gasteiger partial charge is 0.239 e. The molecule has 0 radical (unpaired) electrons. The number of nitrogens with two attached hydrogens (primary N) is 1.